The van der Waals surface area contributed by atoms with E-state index in [9.17, 15) is 18.8 Å². The quantitative estimate of drug-likeness (QED) is 0.287. The van der Waals surface area contributed by atoms with E-state index in [-0.39, 0.29) is 56.9 Å². The van der Waals surface area contributed by atoms with Crippen LogP contribution in [-0.4, -0.2) is 77.5 Å². The zero-order valence-electron chi connectivity index (χ0n) is 25.3. The molecule has 2 aromatic heterocycles. The van der Waals surface area contributed by atoms with Crippen LogP contribution >= 0.6 is 22.9 Å². The molecule has 3 unspecified atom stereocenters. The van der Waals surface area contributed by atoms with Gasteiger partial charge in [0.25, 0.3) is 5.88 Å². The number of aromatic nitrogens is 2. The molecule has 4 atom stereocenters. The fourth-order valence-corrected chi connectivity index (χ4v) is 9.57. The van der Waals surface area contributed by atoms with Gasteiger partial charge < -0.3 is 20.1 Å². The van der Waals surface area contributed by atoms with Gasteiger partial charge >= 0.3 is 5.56 Å². The zero-order chi connectivity index (χ0) is 31.9. The van der Waals surface area contributed by atoms with Crippen LogP contribution < -0.4 is 20.8 Å². The van der Waals surface area contributed by atoms with Crippen LogP contribution in [0.3, 0.4) is 0 Å². The number of anilines is 1. The lowest BCUT2D eigenvalue weighted by Gasteiger charge is -2.38. The third-order valence-electron chi connectivity index (χ3n) is 10.4. The van der Waals surface area contributed by atoms with Gasteiger partial charge in [-0.15, -0.1) is 11.3 Å². The number of fused-ring (bicyclic) bond motifs is 2. The first-order valence-electron chi connectivity index (χ1n) is 15.7. The minimum atomic E-state index is -0.926. The van der Waals surface area contributed by atoms with Gasteiger partial charge in [-0.25, -0.2) is 13.8 Å². The maximum absolute atomic E-state index is 14.9. The van der Waals surface area contributed by atoms with Crippen molar-refractivity contribution in [2.24, 2.45) is 5.92 Å². The number of nitrogen functional groups attached to an aromatic ring is 1. The molecule has 0 amide bonds. The summed E-state index contributed by atoms with van der Waals surface area (Å²) in [5.74, 6) is -0.0806. The van der Waals surface area contributed by atoms with Gasteiger partial charge in [0.05, 0.1) is 32.4 Å². The SMILES string of the molecule is CN1CCCC(C2COc3c(Cl)c(-c4ccc(F)c5sc(N)c(C#N)c45)cc4nc(OCC56CCCN5C[C@H](F)C6)c(=O)n2c34)C1. The zero-order valence-corrected chi connectivity index (χ0v) is 26.9. The van der Waals surface area contributed by atoms with Crippen molar-refractivity contribution in [1.29, 1.82) is 5.26 Å². The summed E-state index contributed by atoms with van der Waals surface area (Å²) in [4.78, 5) is 23.5. The van der Waals surface area contributed by atoms with Gasteiger partial charge in [-0.2, -0.15) is 5.26 Å². The fourth-order valence-electron chi connectivity index (χ4n) is 8.32. The van der Waals surface area contributed by atoms with Crippen molar-refractivity contribution >= 4 is 49.1 Å². The largest absolute Gasteiger partial charge is 0.488 e. The van der Waals surface area contributed by atoms with Gasteiger partial charge in [0.1, 0.15) is 41.8 Å². The first-order valence-corrected chi connectivity index (χ1v) is 16.9. The fraction of sp³-hybridized carbons (Fsp3) is 0.485. The van der Waals surface area contributed by atoms with Crippen molar-refractivity contribution in [3.8, 4) is 28.8 Å². The van der Waals surface area contributed by atoms with E-state index in [1.807, 2.05) is 0 Å². The molecular weight excluding hydrogens is 634 g/mol. The number of hydrogen-bond donors (Lipinski definition) is 1. The minimum absolute atomic E-state index is 0.0481. The average Bonchev–Trinajstić information content (AvgIpc) is 3.68. The number of nitriles is 1. The highest BCUT2D eigenvalue weighted by Gasteiger charge is 2.49. The van der Waals surface area contributed by atoms with Crippen molar-refractivity contribution in [1.82, 2.24) is 19.4 Å². The summed E-state index contributed by atoms with van der Waals surface area (Å²) in [5.41, 5.74) is 7.36. The molecule has 6 heterocycles. The molecule has 0 aliphatic carbocycles. The number of thiophene rings is 1. The van der Waals surface area contributed by atoms with Gasteiger partial charge in [0.2, 0.25) is 0 Å². The molecule has 8 rings (SSSR count). The monoisotopic (exact) mass is 666 g/mol. The Morgan fingerprint density at radius 3 is 2.93 bits per heavy atom. The van der Waals surface area contributed by atoms with Gasteiger partial charge in [-0.3, -0.25) is 14.3 Å². The molecule has 46 heavy (non-hydrogen) atoms. The lowest BCUT2D eigenvalue weighted by atomic mass is 9.90. The molecule has 4 aromatic rings. The number of nitrogens with zero attached hydrogens (tertiary/aromatic N) is 5. The molecule has 3 saturated heterocycles. The van der Waals surface area contributed by atoms with Crippen LogP contribution in [0.1, 0.15) is 43.7 Å². The predicted octanol–water partition coefficient (Wildman–Crippen LogP) is 5.76. The number of alkyl halides is 1. The number of likely N-dealkylation sites (tertiary alicyclic amines) is 1. The van der Waals surface area contributed by atoms with Crippen molar-refractivity contribution in [2.45, 2.75) is 49.9 Å². The number of benzene rings is 2. The molecule has 2 aromatic carbocycles. The lowest BCUT2D eigenvalue weighted by Crippen LogP contribution is -2.45. The van der Waals surface area contributed by atoms with Gasteiger partial charge in [0.15, 0.2) is 5.75 Å². The molecule has 240 valence electrons. The summed E-state index contributed by atoms with van der Waals surface area (Å²) >= 11 is 8.10. The molecule has 13 heteroatoms. The van der Waals surface area contributed by atoms with E-state index in [1.54, 1.807) is 16.7 Å². The maximum Gasteiger partial charge on any atom is 0.314 e. The molecule has 0 saturated carbocycles. The Bertz CT molecular complexity index is 2010. The summed E-state index contributed by atoms with van der Waals surface area (Å²) in [6, 6.07) is 6.48. The maximum atomic E-state index is 14.9. The number of piperidine rings is 1. The van der Waals surface area contributed by atoms with Crippen LogP contribution in [0, 0.1) is 23.1 Å². The second-order valence-corrected chi connectivity index (χ2v) is 14.6. The van der Waals surface area contributed by atoms with E-state index < -0.39 is 17.5 Å². The first-order chi connectivity index (χ1) is 22.2. The van der Waals surface area contributed by atoms with Crippen LogP contribution in [0.25, 0.3) is 32.2 Å². The molecule has 3 fully saturated rings. The Morgan fingerprint density at radius 2 is 2.13 bits per heavy atom. The Balaban J connectivity index is 1.32. The minimum Gasteiger partial charge on any atom is -0.488 e. The van der Waals surface area contributed by atoms with Crippen LogP contribution in [0.15, 0.2) is 23.0 Å². The van der Waals surface area contributed by atoms with Crippen molar-refractivity contribution in [3.63, 3.8) is 0 Å². The normalized spacial score (nSPS) is 26.4. The molecule has 4 aliphatic heterocycles. The van der Waals surface area contributed by atoms with Crippen molar-refractivity contribution < 1.29 is 18.3 Å². The summed E-state index contributed by atoms with van der Waals surface area (Å²) < 4.78 is 44.2. The Morgan fingerprint density at radius 1 is 1.28 bits per heavy atom. The van der Waals surface area contributed by atoms with Crippen LogP contribution in [0.4, 0.5) is 13.8 Å². The Labute approximate surface area is 273 Å². The second-order valence-electron chi connectivity index (χ2n) is 13.2. The van der Waals surface area contributed by atoms with Crippen molar-refractivity contribution in [2.75, 3.05) is 52.2 Å². The molecule has 9 nitrogen and oxygen atoms in total. The van der Waals surface area contributed by atoms with E-state index in [2.05, 4.69) is 22.9 Å². The number of nitrogens with two attached hydrogens (primary N) is 1. The number of hydrogen-bond acceptors (Lipinski definition) is 9. The molecular formula is C33H33ClF2N6O3S. The number of ether oxygens (including phenoxy) is 2. The van der Waals surface area contributed by atoms with Crippen molar-refractivity contribution in [3.05, 3.63) is 45.0 Å². The smallest absolute Gasteiger partial charge is 0.314 e. The first kappa shape index (κ1) is 29.9. The topological polar surface area (TPSA) is 110 Å². The third-order valence-corrected chi connectivity index (χ3v) is 11.8. The van der Waals surface area contributed by atoms with E-state index in [0.717, 1.165) is 56.7 Å². The summed E-state index contributed by atoms with van der Waals surface area (Å²) in [6.45, 7) is 3.37. The molecule has 4 aliphatic rings. The second kappa shape index (κ2) is 11.0. The average molecular weight is 667 g/mol. The van der Waals surface area contributed by atoms with E-state index >= 15 is 0 Å². The molecule has 2 N–H and O–H groups in total. The highest BCUT2D eigenvalue weighted by Crippen LogP contribution is 2.49. The number of rotatable bonds is 5. The lowest BCUT2D eigenvalue weighted by molar-refractivity contribution is 0.103. The highest BCUT2D eigenvalue weighted by molar-refractivity contribution is 7.23. The van der Waals surface area contributed by atoms with E-state index in [4.69, 9.17) is 31.8 Å². The predicted molar refractivity (Wildman–Crippen MR) is 174 cm³/mol. The molecule has 0 spiro atoms. The summed E-state index contributed by atoms with van der Waals surface area (Å²) in [7, 11) is 2.08. The Kier molecular flexibility index (Phi) is 7.17. The summed E-state index contributed by atoms with van der Waals surface area (Å²) in [5, 5.41) is 10.7. The Hall–Kier alpha value is -3.50. The van der Waals surface area contributed by atoms with Crippen LogP contribution in [0.5, 0.6) is 11.6 Å². The molecule has 0 bridgehead atoms. The van der Waals surface area contributed by atoms with E-state index in [1.165, 1.54) is 6.07 Å². The van der Waals surface area contributed by atoms with Gasteiger partial charge in [-0.1, -0.05) is 17.7 Å². The van der Waals surface area contributed by atoms with Gasteiger partial charge in [-0.05, 0) is 69.4 Å². The molecule has 0 radical (unpaired) electrons. The van der Waals surface area contributed by atoms with Gasteiger partial charge in [0, 0.05) is 30.5 Å². The summed E-state index contributed by atoms with van der Waals surface area (Å²) in [6.07, 6.45) is 3.14. The van der Waals surface area contributed by atoms with Crippen LogP contribution in [-0.2, 0) is 0 Å². The highest BCUT2D eigenvalue weighted by atomic mass is 35.5. The van der Waals surface area contributed by atoms with Crippen LogP contribution in [0.2, 0.25) is 5.02 Å². The number of halogens is 3. The van der Waals surface area contributed by atoms with E-state index in [0.29, 0.717) is 46.3 Å². The third kappa shape index (κ3) is 4.50. The standard InChI is InChI=1S/C33H33ClF2N6O3S/c1-40-8-2-4-17(13-40)24-15-44-28-26(34)20(19-5-6-22(36)29-25(19)21(12-37)30(38)46-29)10-23-27(28)42(24)32(43)31(39-23)45-16-33-7-3-9-41(33)14-18(35)11-33/h5-6,10,17-18,24H,2-4,7-9,11,13-16,38H2,1H3/t17?,18-,24?,33?/m1/s1.